The molecular weight excluding hydrogens is 286 g/mol. The van der Waals surface area contributed by atoms with Gasteiger partial charge in [0.15, 0.2) is 5.60 Å². The maximum Gasteiger partial charge on any atom is 0.335 e. The SMILES string of the molecule is COc1c(C)cc(C(=O)N2CCC(O)(C(=O)O)CC2)cc1C. The number of carboxylic acid groups (broad SMARTS) is 1. The van der Waals surface area contributed by atoms with Crippen LogP contribution in [0.15, 0.2) is 12.1 Å². The average molecular weight is 307 g/mol. The van der Waals surface area contributed by atoms with E-state index in [2.05, 4.69) is 0 Å². The monoisotopic (exact) mass is 307 g/mol. The lowest BCUT2D eigenvalue weighted by Crippen LogP contribution is -2.50. The molecule has 2 rings (SSSR count). The van der Waals surface area contributed by atoms with Gasteiger partial charge in [-0.05, 0) is 37.1 Å². The predicted octanol–water partition coefficient (Wildman–Crippen LogP) is 1.36. The topological polar surface area (TPSA) is 87.1 Å². The van der Waals surface area contributed by atoms with Crippen molar-refractivity contribution in [2.75, 3.05) is 20.2 Å². The van der Waals surface area contributed by atoms with Gasteiger partial charge in [-0.1, -0.05) is 0 Å². The summed E-state index contributed by atoms with van der Waals surface area (Å²) in [4.78, 5) is 25.1. The Morgan fingerprint density at radius 1 is 1.18 bits per heavy atom. The lowest BCUT2D eigenvalue weighted by molar-refractivity contribution is -0.162. The van der Waals surface area contributed by atoms with Crippen molar-refractivity contribution in [2.45, 2.75) is 32.3 Å². The van der Waals surface area contributed by atoms with Crippen LogP contribution in [0.1, 0.15) is 34.3 Å². The van der Waals surface area contributed by atoms with Gasteiger partial charge >= 0.3 is 5.97 Å². The summed E-state index contributed by atoms with van der Waals surface area (Å²) < 4.78 is 5.29. The summed E-state index contributed by atoms with van der Waals surface area (Å²) in [7, 11) is 1.59. The van der Waals surface area contributed by atoms with Crippen molar-refractivity contribution in [3.05, 3.63) is 28.8 Å². The molecule has 1 heterocycles. The van der Waals surface area contributed by atoms with E-state index < -0.39 is 11.6 Å². The summed E-state index contributed by atoms with van der Waals surface area (Å²) in [6.45, 7) is 4.21. The number of piperidine rings is 1. The molecule has 6 nitrogen and oxygen atoms in total. The molecule has 1 aliphatic heterocycles. The molecule has 0 bridgehead atoms. The molecule has 0 unspecified atom stereocenters. The molecule has 22 heavy (non-hydrogen) atoms. The number of benzene rings is 1. The molecule has 0 radical (unpaired) electrons. The summed E-state index contributed by atoms with van der Waals surface area (Å²) in [5.74, 6) is -0.618. The largest absolute Gasteiger partial charge is 0.496 e. The first kappa shape index (κ1) is 16.3. The van der Waals surface area contributed by atoms with E-state index in [4.69, 9.17) is 9.84 Å². The van der Waals surface area contributed by atoms with Crippen molar-refractivity contribution in [1.82, 2.24) is 4.90 Å². The predicted molar refractivity (Wildman–Crippen MR) is 80.2 cm³/mol. The maximum absolute atomic E-state index is 12.5. The number of ether oxygens (including phenoxy) is 1. The Morgan fingerprint density at radius 3 is 2.09 bits per heavy atom. The molecular formula is C16H21NO5. The van der Waals surface area contributed by atoms with Crippen molar-refractivity contribution in [2.24, 2.45) is 0 Å². The molecule has 0 atom stereocenters. The molecule has 1 aliphatic rings. The van der Waals surface area contributed by atoms with Crippen molar-refractivity contribution in [3.63, 3.8) is 0 Å². The lowest BCUT2D eigenvalue weighted by Gasteiger charge is -2.35. The van der Waals surface area contributed by atoms with E-state index in [0.29, 0.717) is 5.56 Å². The smallest absolute Gasteiger partial charge is 0.335 e. The van der Waals surface area contributed by atoms with Gasteiger partial charge in [-0.25, -0.2) is 4.79 Å². The molecule has 1 fully saturated rings. The first-order chi connectivity index (χ1) is 10.3. The molecule has 0 aliphatic carbocycles. The standard InChI is InChI=1S/C16H21NO5/c1-10-8-12(9-11(2)13(10)22-3)14(18)17-6-4-16(21,5-7-17)15(19)20/h8-9,21H,4-7H2,1-3H3,(H,19,20). The van der Waals surface area contributed by atoms with Crippen LogP contribution in [-0.2, 0) is 4.79 Å². The Labute approximate surface area is 129 Å². The molecule has 2 N–H and O–H groups in total. The van der Waals surface area contributed by atoms with Crippen molar-refractivity contribution < 1.29 is 24.5 Å². The number of carboxylic acids is 1. The van der Waals surface area contributed by atoms with Gasteiger partial charge in [0.1, 0.15) is 5.75 Å². The Morgan fingerprint density at radius 2 is 1.68 bits per heavy atom. The van der Waals surface area contributed by atoms with Crippen LogP contribution in [0.25, 0.3) is 0 Å². The van der Waals surface area contributed by atoms with Crippen LogP contribution in [0.5, 0.6) is 5.75 Å². The number of nitrogens with zero attached hydrogens (tertiary/aromatic N) is 1. The van der Waals surface area contributed by atoms with Crippen molar-refractivity contribution >= 4 is 11.9 Å². The summed E-state index contributed by atoms with van der Waals surface area (Å²) in [5.41, 5.74) is 0.592. The Bertz CT molecular complexity index is 580. The fraction of sp³-hybridized carbons (Fsp3) is 0.500. The zero-order chi connectivity index (χ0) is 16.5. The van der Waals surface area contributed by atoms with E-state index in [1.165, 1.54) is 0 Å². The number of amides is 1. The van der Waals surface area contributed by atoms with E-state index in [0.717, 1.165) is 16.9 Å². The van der Waals surface area contributed by atoms with E-state index >= 15 is 0 Å². The van der Waals surface area contributed by atoms with E-state index in [1.54, 1.807) is 24.1 Å². The second-order valence-corrected chi connectivity index (χ2v) is 5.77. The maximum atomic E-state index is 12.5. The third kappa shape index (κ3) is 2.92. The fourth-order valence-corrected chi connectivity index (χ4v) is 2.87. The highest BCUT2D eigenvalue weighted by molar-refractivity contribution is 5.95. The first-order valence-electron chi connectivity index (χ1n) is 7.19. The van der Waals surface area contributed by atoms with Crippen LogP contribution in [0.4, 0.5) is 0 Å². The number of methoxy groups -OCH3 is 1. The van der Waals surface area contributed by atoms with Crippen molar-refractivity contribution in [3.8, 4) is 5.75 Å². The Balaban J connectivity index is 2.15. The number of carbonyl (C=O) groups excluding carboxylic acids is 1. The van der Waals surface area contributed by atoms with Gasteiger partial charge in [-0.15, -0.1) is 0 Å². The molecule has 1 aromatic rings. The van der Waals surface area contributed by atoms with Crippen LogP contribution < -0.4 is 4.74 Å². The molecule has 120 valence electrons. The molecule has 1 aromatic carbocycles. The third-order valence-electron chi connectivity index (χ3n) is 4.19. The van der Waals surface area contributed by atoms with E-state index in [-0.39, 0.29) is 31.8 Å². The van der Waals surface area contributed by atoms with Gasteiger partial charge in [0, 0.05) is 31.5 Å². The van der Waals surface area contributed by atoms with Gasteiger partial charge in [-0.2, -0.15) is 0 Å². The number of likely N-dealkylation sites (tertiary alicyclic amines) is 1. The van der Waals surface area contributed by atoms with Crippen LogP contribution in [0, 0.1) is 13.8 Å². The average Bonchev–Trinajstić information content (AvgIpc) is 2.47. The molecule has 6 heteroatoms. The number of rotatable bonds is 3. The van der Waals surface area contributed by atoms with Crippen molar-refractivity contribution in [1.29, 1.82) is 0 Å². The van der Waals surface area contributed by atoms with Gasteiger partial charge in [0.2, 0.25) is 0 Å². The summed E-state index contributed by atoms with van der Waals surface area (Å²) in [6, 6.07) is 3.54. The first-order valence-corrected chi connectivity index (χ1v) is 7.19. The highest BCUT2D eigenvalue weighted by Gasteiger charge is 2.40. The fourth-order valence-electron chi connectivity index (χ4n) is 2.87. The molecule has 0 saturated carbocycles. The van der Waals surface area contributed by atoms with Crippen LogP contribution in [0.3, 0.4) is 0 Å². The minimum atomic E-state index is -1.72. The highest BCUT2D eigenvalue weighted by Crippen LogP contribution is 2.27. The zero-order valence-electron chi connectivity index (χ0n) is 13.0. The van der Waals surface area contributed by atoms with Gasteiger partial charge in [0.25, 0.3) is 5.91 Å². The quantitative estimate of drug-likeness (QED) is 0.880. The minimum Gasteiger partial charge on any atom is -0.496 e. The second-order valence-electron chi connectivity index (χ2n) is 5.77. The second kappa shape index (κ2) is 5.96. The Hall–Kier alpha value is -2.08. The van der Waals surface area contributed by atoms with Crippen LogP contribution in [0.2, 0.25) is 0 Å². The number of aliphatic hydroxyl groups is 1. The minimum absolute atomic E-state index is 0.0438. The molecule has 1 amide bonds. The number of hydrogen-bond acceptors (Lipinski definition) is 4. The number of aliphatic carboxylic acids is 1. The normalized spacial score (nSPS) is 17.2. The van der Waals surface area contributed by atoms with E-state index in [1.807, 2.05) is 13.8 Å². The number of aryl methyl sites for hydroxylation is 2. The van der Waals surface area contributed by atoms with Gasteiger partial charge in [-0.3, -0.25) is 4.79 Å². The summed E-state index contributed by atoms with van der Waals surface area (Å²) in [6.07, 6.45) is 0.0877. The van der Waals surface area contributed by atoms with Gasteiger partial charge in [0.05, 0.1) is 7.11 Å². The van der Waals surface area contributed by atoms with Gasteiger partial charge < -0.3 is 19.8 Å². The molecule has 1 saturated heterocycles. The van der Waals surface area contributed by atoms with Crippen LogP contribution in [-0.4, -0.2) is 52.8 Å². The lowest BCUT2D eigenvalue weighted by atomic mass is 9.91. The highest BCUT2D eigenvalue weighted by atomic mass is 16.5. The third-order valence-corrected chi connectivity index (χ3v) is 4.19. The zero-order valence-corrected chi connectivity index (χ0v) is 13.0. The number of carbonyl (C=O) groups is 2. The number of hydrogen-bond donors (Lipinski definition) is 2. The summed E-state index contributed by atoms with van der Waals surface area (Å²) in [5, 5.41) is 18.9. The van der Waals surface area contributed by atoms with Crippen LogP contribution >= 0.6 is 0 Å². The molecule has 0 aromatic heterocycles. The van der Waals surface area contributed by atoms with E-state index in [9.17, 15) is 14.7 Å². The summed E-state index contributed by atoms with van der Waals surface area (Å²) >= 11 is 0. The Kier molecular flexibility index (Phi) is 4.42. The molecule has 0 spiro atoms.